The first-order valence-electron chi connectivity index (χ1n) is 26.4. The van der Waals surface area contributed by atoms with Gasteiger partial charge in [0.25, 0.3) is 0 Å². The van der Waals surface area contributed by atoms with E-state index in [1.165, 1.54) is 96.3 Å². The molecule has 0 aromatic rings. The fourth-order valence-corrected chi connectivity index (χ4v) is 9.75. The van der Waals surface area contributed by atoms with Crippen LogP contribution in [0.25, 0.3) is 0 Å². The van der Waals surface area contributed by atoms with E-state index in [0.29, 0.717) is 12.8 Å². The summed E-state index contributed by atoms with van der Waals surface area (Å²) in [6.07, 6.45) is 7.40. The zero-order valence-electron chi connectivity index (χ0n) is 42.3. The molecular formula is C49H91NO19P-. The van der Waals surface area contributed by atoms with E-state index in [9.17, 15) is 65.0 Å². The van der Waals surface area contributed by atoms with Crippen LogP contribution in [0.3, 0.4) is 0 Å². The van der Waals surface area contributed by atoms with Crippen LogP contribution in [0.15, 0.2) is 4.99 Å². The normalized spacial score (nSPS) is 28.6. The Kier molecular flexibility index (Phi) is 33.2. The fourth-order valence-electron chi connectivity index (χ4n) is 8.76. The van der Waals surface area contributed by atoms with Crippen molar-refractivity contribution in [2.75, 3.05) is 19.8 Å². The molecule has 9 N–H and O–H groups in total. The molecule has 1 saturated heterocycles. The number of aliphatic imine (C=N–C) groups is 1. The van der Waals surface area contributed by atoms with Gasteiger partial charge in [-0.05, 0) is 25.7 Å². The zero-order valence-corrected chi connectivity index (χ0v) is 43.2. The molecule has 2 fully saturated rings. The van der Waals surface area contributed by atoms with Gasteiger partial charge in [0.15, 0.2) is 12.4 Å². The molecule has 13 atom stereocenters. The molecule has 70 heavy (non-hydrogen) atoms. The highest BCUT2D eigenvalue weighted by Gasteiger charge is 2.64. The molecule has 0 aromatic carbocycles. The summed E-state index contributed by atoms with van der Waals surface area (Å²) < 4.78 is 45.5. The molecule has 1 heterocycles. The fraction of sp³-hybridized carbons (Fsp3) is 0.939. The van der Waals surface area contributed by atoms with Crippen LogP contribution in [0.4, 0.5) is 0 Å². The molecule has 2 unspecified atom stereocenters. The standard InChI is InChI=1S/C49H92NO19P/c1-4-6-8-10-12-14-16-18-20-22-24-26-28-30-38(53)64-33-36(66-39(54)31-29-27-25-23-21-19-17-15-13-11-9-7-5-2)34-65-70(62,63)69-49(61)46(60)44(58)43(57)45(59)47(49)68-48-40(50-35(3)52)42(56)41(55)37(32-51)67-48/h36-37,40-48,51,55-61H,4-34H2,1-3H3,(H,50,52)(H,62,63)/p-1/t36?,37-,40-,41-,42-,43-,44-,45+,46-,47-,48-,49+/m1/s1. The SMILES string of the molecule is CCCCCCCCCCCCCCCC(=O)OCC(COP(=O)(O)O[C@@]1(O)[C@H](O)[C@H](O)[C@@H](O)[C@H](O)[C@H]1O[C@H]1O[C@H](CO)[C@@H](O)[C@H](O)[C@H]1N=C(C)[O-])OC(=O)CCCCCCCCCCCCCCC. The van der Waals surface area contributed by atoms with Gasteiger partial charge in [-0.3, -0.25) is 19.1 Å². The summed E-state index contributed by atoms with van der Waals surface area (Å²) in [7, 11) is -5.72. The summed E-state index contributed by atoms with van der Waals surface area (Å²) in [6.45, 7) is 2.89. The summed E-state index contributed by atoms with van der Waals surface area (Å²) in [5, 5.41) is 97.5. The Morgan fingerprint density at radius 1 is 0.643 bits per heavy atom. The Bertz CT molecular complexity index is 1480. The highest BCUT2D eigenvalue weighted by molar-refractivity contribution is 7.47. The van der Waals surface area contributed by atoms with Crippen molar-refractivity contribution in [2.45, 2.75) is 274 Å². The minimum atomic E-state index is -5.72. The third-order valence-corrected chi connectivity index (χ3v) is 14.0. The van der Waals surface area contributed by atoms with E-state index in [-0.39, 0.29) is 12.8 Å². The first-order valence-corrected chi connectivity index (χ1v) is 27.9. The molecular weight excluding hydrogens is 938 g/mol. The van der Waals surface area contributed by atoms with Gasteiger partial charge in [-0.2, -0.15) is 0 Å². The lowest BCUT2D eigenvalue weighted by Gasteiger charge is -2.50. The van der Waals surface area contributed by atoms with Crippen LogP contribution in [0.1, 0.15) is 201 Å². The molecule has 1 saturated carbocycles. The van der Waals surface area contributed by atoms with E-state index in [1.807, 2.05) is 0 Å². The summed E-state index contributed by atoms with van der Waals surface area (Å²) >= 11 is 0. The molecule has 2 aliphatic rings. The van der Waals surface area contributed by atoms with Crippen LogP contribution in [0.5, 0.6) is 0 Å². The summed E-state index contributed by atoms with van der Waals surface area (Å²) in [4.78, 5) is 40.4. The van der Waals surface area contributed by atoms with Gasteiger partial charge in [-0.25, -0.2) is 9.09 Å². The van der Waals surface area contributed by atoms with E-state index in [0.717, 1.165) is 64.7 Å². The van der Waals surface area contributed by atoms with E-state index in [2.05, 4.69) is 18.8 Å². The lowest BCUT2D eigenvalue weighted by molar-refractivity contribution is -0.378. The second-order valence-corrected chi connectivity index (χ2v) is 20.6. The number of phosphoric ester groups is 1. The summed E-state index contributed by atoms with van der Waals surface area (Å²) in [5.74, 6) is -5.89. The first-order chi connectivity index (χ1) is 33.4. The Balaban J connectivity index is 2.07. The zero-order chi connectivity index (χ0) is 52.0. The molecule has 0 bridgehead atoms. The maximum Gasteiger partial charge on any atom is 0.475 e. The van der Waals surface area contributed by atoms with Gasteiger partial charge >= 0.3 is 19.8 Å². The Labute approximate surface area is 416 Å². The Morgan fingerprint density at radius 3 is 1.53 bits per heavy atom. The van der Waals surface area contributed by atoms with Crippen molar-refractivity contribution >= 4 is 25.7 Å². The van der Waals surface area contributed by atoms with Crippen molar-refractivity contribution in [1.82, 2.24) is 0 Å². The third kappa shape index (κ3) is 24.4. The predicted molar refractivity (Wildman–Crippen MR) is 257 cm³/mol. The third-order valence-electron chi connectivity index (χ3n) is 13.0. The lowest BCUT2D eigenvalue weighted by Crippen LogP contribution is -2.73. The number of unbranched alkanes of at least 4 members (excludes halogenated alkanes) is 24. The second-order valence-electron chi connectivity index (χ2n) is 19.2. The van der Waals surface area contributed by atoms with Crippen LogP contribution in [0.2, 0.25) is 0 Å². The van der Waals surface area contributed by atoms with E-state index >= 15 is 0 Å². The maximum atomic E-state index is 13.6. The highest BCUT2D eigenvalue weighted by Crippen LogP contribution is 2.51. The smallest absolute Gasteiger partial charge is 0.475 e. The van der Waals surface area contributed by atoms with Crippen LogP contribution < -0.4 is 5.11 Å². The van der Waals surface area contributed by atoms with E-state index in [4.69, 9.17) is 28.0 Å². The second kappa shape index (κ2) is 36.1. The van der Waals surface area contributed by atoms with Gasteiger partial charge in [0.1, 0.15) is 61.5 Å². The van der Waals surface area contributed by atoms with E-state index in [1.54, 1.807) is 0 Å². The molecule has 1 aliphatic heterocycles. The van der Waals surface area contributed by atoms with Gasteiger partial charge in [0, 0.05) is 12.8 Å². The van der Waals surface area contributed by atoms with Crippen molar-refractivity contribution in [1.29, 1.82) is 0 Å². The van der Waals surface area contributed by atoms with Crippen molar-refractivity contribution < 1.29 is 93.0 Å². The molecule has 21 heteroatoms. The van der Waals surface area contributed by atoms with Crippen molar-refractivity contribution in [2.24, 2.45) is 4.99 Å². The maximum absolute atomic E-state index is 13.6. The molecule has 1 aliphatic carbocycles. The monoisotopic (exact) mass is 1030 g/mol. The summed E-state index contributed by atoms with van der Waals surface area (Å²) in [5.41, 5.74) is 0. The summed E-state index contributed by atoms with van der Waals surface area (Å²) in [6, 6.07) is -1.83. The number of rotatable bonds is 40. The van der Waals surface area contributed by atoms with Crippen LogP contribution in [-0.4, -0.2) is 156 Å². The topological polar surface area (TPSA) is 324 Å². The quantitative estimate of drug-likeness (QED) is 0.0101. The van der Waals surface area contributed by atoms with Crippen LogP contribution in [-0.2, 0) is 42.1 Å². The van der Waals surface area contributed by atoms with Gasteiger partial charge in [0.2, 0.25) is 5.79 Å². The number of ether oxygens (including phenoxy) is 4. The largest absolute Gasteiger partial charge is 0.862 e. The molecule has 412 valence electrons. The minimum Gasteiger partial charge on any atom is -0.862 e. The predicted octanol–water partition coefficient (Wildman–Crippen LogP) is 4.65. The van der Waals surface area contributed by atoms with Crippen molar-refractivity contribution in [3.63, 3.8) is 0 Å². The van der Waals surface area contributed by atoms with Gasteiger partial charge < -0.3 is 69.8 Å². The van der Waals surface area contributed by atoms with Gasteiger partial charge in [-0.15, -0.1) is 0 Å². The molecule has 0 spiro atoms. The Hall–Kier alpha value is -1.88. The minimum absolute atomic E-state index is 0.0134. The molecule has 0 amide bonds. The number of carbonyl (C=O) groups is 2. The number of carbonyl (C=O) groups excluding carboxylic acids is 2. The lowest BCUT2D eigenvalue weighted by atomic mass is 9.82. The number of aliphatic hydroxyl groups excluding tert-OH is 7. The molecule has 20 nitrogen and oxygen atoms in total. The Morgan fingerprint density at radius 2 is 1.09 bits per heavy atom. The van der Waals surface area contributed by atoms with Gasteiger partial charge in [0.05, 0.1) is 13.2 Å². The van der Waals surface area contributed by atoms with Crippen molar-refractivity contribution in [3.8, 4) is 0 Å². The first kappa shape index (κ1) is 64.2. The van der Waals surface area contributed by atoms with Crippen LogP contribution in [0, 0.1) is 0 Å². The number of phosphoric acid groups is 1. The average molecular weight is 1030 g/mol. The van der Waals surface area contributed by atoms with Crippen LogP contribution >= 0.6 is 7.82 Å². The number of hydrogen-bond donors (Lipinski definition) is 9. The van der Waals surface area contributed by atoms with Gasteiger partial charge in [-0.1, -0.05) is 168 Å². The van der Waals surface area contributed by atoms with Crippen molar-refractivity contribution in [3.05, 3.63) is 0 Å². The molecule has 2 rings (SSSR count). The number of nitrogens with zero attached hydrogens (tertiary/aromatic N) is 1. The average Bonchev–Trinajstić information content (AvgIpc) is 3.32. The molecule has 0 aromatic heterocycles. The molecule has 0 radical (unpaired) electrons. The highest BCUT2D eigenvalue weighted by atomic mass is 31.2. The number of esters is 2. The van der Waals surface area contributed by atoms with E-state index < -0.39 is 119 Å². The number of aliphatic hydroxyl groups is 8. The number of hydrogen-bond acceptors (Lipinski definition) is 19.